The van der Waals surface area contributed by atoms with E-state index in [1.165, 1.54) is 0 Å². The molecule has 0 spiro atoms. The molecule has 98 valence electrons. The predicted molar refractivity (Wildman–Crippen MR) is 71.9 cm³/mol. The van der Waals surface area contributed by atoms with Gasteiger partial charge in [0.2, 0.25) is 0 Å². The predicted octanol–water partition coefficient (Wildman–Crippen LogP) is 2.87. The molecule has 1 aromatic carbocycles. The molecular formula is C13H17ClN2O2. The molecule has 0 radical (unpaired) electrons. The Hall–Kier alpha value is -1.10. The summed E-state index contributed by atoms with van der Waals surface area (Å²) in [5, 5.41) is 0.722. The molecule has 4 nitrogen and oxygen atoms in total. The summed E-state index contributed by atoms with van der Waals surface area (Å²) in [6, 6.07) is 5.73. The van der Waals surface area contributed by atoms with E-state index in [0.29, 0.717) is 6.61 Å². The lowest BCUT2D eigenvalue weighted by Gasteiger charge is -2.08. The highest BCUT2D eigenvalue weighted by atomic mass is 35.5. The van der Waals surface area contributed by atoms with Gasteiger partial charge in [-0.2, -0.15) is 0 Å². The first kappa shape index (κ1) is 13.3. The first-order chi connectivity index (χ1) is 8.76. The molecule has 2 aromatic rings. The van der Waals surface area contributed by atoms with Gasteiger partial charge in [0.05, 0.1) is 11.0 Å². The Morgan fingerprint density at radius 1 is 1.28 bits per heavy atom. The molecule has 0 unspecified atom stereocenters. The van der Waals surface area contributed by atoms with Gasteiger partial charge in [-0.1, -0.05) is 11.6 Å². The Balaban J connectivity index is 2.36. The van der Waals surface area contributed by atoms with Gasteiger partial charge >= 0.3 is 0 Å². The lowest BCUT2D eigenvalue weighted by Crippen LogP contribution is -2.07. The van der Waals surface area contributed by atoms with Crippen molar-refractivity contribution in [3.05, 3.63) is 29.0 Å². The van der Waals surface area contributed by atoms with E-state index in [0.717, 1.165) is 41.5 Å². The second kappa shape index (κ2) is 6.18. The number of aryl methyl sites for hydroxylation is 1. The van der Waals surface area contributed by atoms with Gasteiger partial charge in [0, 0.05) is 32.4 Å². The highest BCUT2D eigenvalue weighted by molar-refractivity contribution is 6.31. The van der Waals surface area contributed by atoms with Gasteiger partial charge in [0.25, 0.3) is 0 Å². The number of hydrogen-bond acceptors (Lipinski definition) is 3. The number of aromatic nitrogens is 2. The molecule has 1 heterocycles. The molecule has 1 aromatic heterocycles. The third-order valence-electron chi connectivity index (χ3n) is 2.79. The molecule has 0 atom stereocenters. The van der Waals surface area contributed by atoms with Crippen molar-refractivity contribution in [1.82, 2.24) is 9.55 Å². The summed E-state index contributed by atoms with van der Waals surface area (Å²) in [5.41, 5.74) is 1.99. The molecule has 0 N–H and O–H groups in total. The third-order valence-corrected chi connectivity index (χ3v) is 3.03. The number of hydrogen-bond donors (Lipinski definition) is 0. The monoisotopic (exact) mass is 268 g/mol. The number of halogens is 1. The Labute approximate surface area is 111 Å². The number of fused-ring (bicyclic) bond motifs is 1. The van der Waals surface area contributed by atoms with Gasteiger partial charge in [-0.25, -0.2) is 4.98 Å². The van der Waals surface area contributed by atoms with Crippen molar-refractivity contribution in [2.45, 2.75) is 19.6 Å². The van der Waals surface area contributed by atoms with Crippen LogP contribution in [0.1, 0.15) is 12.2 Å². The fraction of sp³-hybridized carbons (Fsp3) is 0.462. The van der Waals surface area contributed by atoms with E-state index in [1.54, 1.807) is 14.2 Å². The summed E-state index contributed by atoms with van der Waals surface area (Å²) < 4.78 is 12.4. The summed E-state index contributed by atoms with van der Waals surface area (Å²) in [6.07, 6.45) is 0.936. The fourth-order valence-corrected chi connectivity index (χ4v) is 2.17. The summed E-state index contributed by atoms with van der Waals surface area (Å²) in [5.74, 6) is 0.922. The highest BCUT2D eigenvalue weighted by Gasteiger charge is 2.10. The molecule has 0 aliphatic rings. The molecule has 0 saturated carbocycles. The average molecular weight is 269 g/mol. The maximum Gasteiger partial charge on any atom is 0.135 e. The maximum absolute atomic E-state index is 6.04. The fourth-order valence-electron chi connectivity index (χ4n) is 2.00. The zero-order valence-electron chi connectivity index (χ0n) is 10.6. The van der Waals surface area contributed by atoms with Crippen LogP contribution in [0.15, 0.2) is 18.2 Å². The zero-order chi connectivity index (χ0) is 13.0. The van der Waals surface area contributed by atoms with Crippen LogP contribution in [0.3, 0.4) is 0 Å². The average Bonchev–Trinajstić information content (AvgIpc) is 2.68. The minimum atomic E-state index is 0.499. The number of ether oxygens (including phenoxy) is 2. The van der Waals surface area contributed by atoms with Crippen molar-refractivity contribution in [2.24, 2.45) is 0 Å². The van der Waals surface area contributed by atoms with E-state index in [1.807, 2.05) is 18.2 Å². The molecule has 18 heavy (non-hydrogen) atoms. The molecule has 2 rings (SSSR count). The van der Waals surface area contributed by atoms with E-state index in [-0.39, 0.29) is 0 Å². The molecule has 0 saturated heterocycles. The van der Waals surface area contributed by atoms with Crippen molar-refractivity contribution >= 4 is 22.6 Å². The standard InChI is InChI=1S/C13H17ClN2O2/c1-17-7-3-6-16-12-8-10(14)4-5-11(12)15-13(16)9-18-2/h4-5,8H,3,6-7,9H2,1-2H3. The molecule has 0 fully saturated rings. The topological polar surface area (TPSA) is 36.3 Å². The zero-order valence-corrected chi connectivity index (χ0v) is 11.4. The molecular weight excluding hydrogens is 252 g/mol. The lowest BCUT2D eigenvalue weighted by molar-refractivity contribution is 0.170. The first-order valence-electron chi connectivity index (χ1n) is 5.89. The smallest absolute Gasteiger partial charge is 0.135 e. The van der Waals surface area contributed by atoms with Crippen molar-refractivity contribution in [3.8, 4) is 0 Å². The van der Waals surface area contributed by atoms with Crippen LogP contribution in [0.5, 0.6) is 0 Å². The van der Waals surface area contributed by atoms with Crippen molar-refractivity contribution in [3.63, 3.8) is 0 Å². The minimum absolute atomic E-state index is 0.499. The largest absolute Gasteiger partial charge is 0.385 e. The normalized spacial score (nSPS) is 11.3. The number of imidazole rings is 1. The van der Waals surface area contributed by atoms with Gasteiger partial charge < -0.3 is 14.0 Å². The Morgan fingerprint density at radius 2 is 2.11 bits per heavy atom. The van der Waals surface area contributed by atoms with Gasteiger partial charge in [-0.3, -0.25) is 0 Å². The number of benzene rings is 1. The lowest BCUT2D eigenvalue weighted by atomic mass is 10.3. The van der Waals surface area contributed by atoms with Crippen LogP contribution in [-0.4, -0.2) is 30.4 Å². The molecule has 5 heteroatoms. The van der Waals surface area contributed by atoms with Crippen LogP contribution >= 0.6 is 11.6 Å². The first-order valence-corrected chi connectivity index (χ1v) is 6.26. The Kier molecular flexibility index (Phi) is 4.58. The third kappa shape index (κ3) is 2.83. The van der Waals surface area contributed by atoms with Crippen LogP contribution < -0.4 is 0 Å². The van der Waals surface area contributed by atoms with Crippen LogP contribution in [0.4, 0.5) is 0 Å². The molecule has 0 amide bonds. The molecule has 0 aliphatic heterocycles. The quantitative estimate of drug-likeness (QED) is 0.756. The number of rotatable bonds is 6. The summed E-state index contributed by atoms with van der Waals surface area (Å²) in [6.45, 7) is 2.08. The van der Waals surface area contributed by atoms with Gasteiger partial charge in [0.1, 0.15) is 12.4 Å². The van der Waals surface area contributed by atoms with E-state index < -0.39 is 0 Å². The second-order valence-electron chi connectivity index (χ2n) is 4.09. The van der Waals surface area contributed by atoms with Crippen LogP contribution in [0.2, 0.25) is 5.02 Å². The maximum atomic E-state index is 6.04. The van der Waals surface area contributed by atoms with Crippen LogP contribution in [-0.2, 0) is 22.6 Å². The Morgan fingerprint density at radius 3 is 2.83 bits per heavy atom. The second-order valence-corrected chi connectivity index (χ2v) is 4.53. The van der Waals surface area contributed by atoms with E-state index in [9.17, 15) is 0 Å². The van der Waals surface area contributed by atoms with Crippen molar-refractivity contribution in [2.75, 3.05) is 20.8 Å². The van der Waals surface area contributed by atoms with Gasteiger partial charge in [-0.05, 0) is 24.6 Å². The SMILES string of the molecule is COCCCn1c(COC)nc2ccc(Cl)cc21. The van der Waals surface area contributed by atoms with Gasteiger partial charge in [0.15, 0.2) is 0 Å². The van der Waals surface area contributed by atoms with Crippen molar-refractivity contribution < 1.29 is 9.47 Å². The van der Waals surface area contributed by atoms with E-state index in [2.05, 4.69) is 9.55 Å². The van der Waals surface area contributed by atoms with E-state index >= 15 is 0 Å². The van der Waals surface area contributed by atoms with Crippen molar-refractivity contribution in [1.29, 1.82) is 0 Å². The van der Waals surface area contributed by atoms with E-state index in [4.69, 9.17) is 21.1 Å². The van der Waals surface area contributed by atoms with Crippen LogP contribution in [0, 0.1) is 0 Å². The Bertz CT molecular complexity index is 525. The summed E-state index contributed by atoms with van der Waals surface area (Å²) >= 11 is 6.04. The summed E-state index contributed by atoms with van der Waals surface area (Å²) in [4.78, 5) is 4.56. The molecule has 0 aliphatic carbocycles. The number of nitrogens with zero attached hydrogens (tertiary/aromatic N) is 2. The van der Waals surface area contributed by atoms with Crippen LogP contribution in [0.25, 0.3) is 11.0 Å². The summed E-state index contributed by atoms with van der Waals surface area (Å²) in [7, 11) is 3.38. The number of methoxy groups -OCH3 is 2. The highest BCUT2D eigenvalue weighted by Crippen LogP contribution is 2.21. The molecule has 0 bridgehead atoms. The minimum Gasteiger partial charge on any atom is -0.385 e. The van der Waals surface area contributed by atoms with Gasteiger partial charge in [-0.15, -0.1) is 0 Å².